The lowest BCUT2D eigenvalue weighted by molar-refractivity contribution is -0.116. The second-order valence-corrected chi connectivity index (χ2v) is 7.40. The van der Waals surface area contributed by atoms with Crippen LogP contribution in [0.1, 0.15) is 21.9 Å². The minimum atomic E-state index is -0.202. The highest BCUT2D eigenvalue weighted by molar-refractivity contribution is 7.15. The molecule has 1 atom stereocenters. The summed E-state index contributed by atoms with van der Waals surface area (Å²) < 4.78 is 0. The molecule has 0 spiro atoms. The summed E-state index contributed by atoms with van der Waals surface area (Å²) in [6.07, 6.45) is 0.935. The first-order valence-electron chi connectivity index (χ1n) is 7.17. The monoisotopic (exact) mass is 331 g/mol. The molecule has 0 aliphatic carbocycles. The number of aromatic nitrogens is 1. The largest absolute Gasteiger partial charge is 0.346 e. The SMILES string of the molecule is Cc1nc(N2CCC(NC(=O)C#Cc3cccs3)C2)sc1C. The smallest absolute Gasteiger partial charge is 0.296 e. The number of rotatable bonds is 2. The number of carbonyl (C=O) groups excluding carboxylic acids is 1. The number of thiazole rings is 1. The van der Waals surface area contributed by atoms with E-state index in [-0.39, 0.29) is 11.9 Å². The highest BCUT2D eigenvalue weighted by atomic mass is 32.1. The van der Waals surface area contributed by atoms with Gasteiger partial charge in [0.05, 0.1) is 10.6 Å². The Morgan fingerprint density at radius 3 is 3.05 bits per heavy atom. The van der Waals surface area contributed by atoms with Crippen LogP contribution in [0.2, 0.25) is 0 Å². The molecule has 3 rings (SSSR count). The summed E-state index contributed by atoms with van der Waals surface area (Å²) >= 11 is 3.26. The number of nitrogens with one attached hydrogen (secondary N) is 1. The van der Waals surface area contributed by atoms with Crippen LogP contribution in [0.3, 0.4) is 0 Å². The lowest BCUT2D eigenvalue weighted by atomic mass is 10.2. The molecular weight excluding hydrogens is 314 g/mol. The van der Waals surface area contributed by atoms with Crippen LogP contribution in [0, 0.1) is 25.7 Å². The van der Waals surface area contributed by atoms with E-state index in [0.29, 0.717) is 0 Å². The number of nitrogens with zero attached hydrogens (tertiary/aromatic N) is 2. The second-order valence-electron chi connectivity index (χ2n) is 5.27. The normalized spacial score (nSPS) is 17.2. The lowest BCUT2D eigenvalue weighted by Gasteiger charge is -2.14. The summed E-state index contributed by atoms with van der Waals surface area (Å²) in [5.74, 6) is 5.34. The number of carbonyl (C=O) groups is 1. The molecule has 22 heavy (non-hydrogen) atoms. The molecule has 1 aliphatic heterocycles. The van der Waals surface area contributed by atoms with Gasteiger partial charge in [0.1, 0.15) is 0 Å². The van der Waals surface area contributed by atoms with Crippen LogP contribution in [0.5, 0.6) is 0 Å². The van der Waals surface area contributed by atoms with Crippen LogP contribution in [0.4, 0.5) is 5.13 Å². The molecule has 1 fully saturated rings. The van der Waals surface area contributed by atoms with E-state index in [9.17, 15) is 4.79 Å². The molecule has 0 bridgehead atoms. The molecule has 3 heterocycles. The van der Waals surface area contributed by atoms with Crippen molar-refractivity contribution in [1.82, 2.24) is 10.3 Å². The quantitative estimate of drug-likeness (QED) is 0.860. The van der Waals surface area contributed by atoms with Crippen molar-refractivity contribution in [2.24, 2.45) is 0 Å². The summed E-state index contributed by atoms with van der Waals surface area (Å²) in [6.45, 7) is 5.85. The summed E-state index contributed by atoms with van der Waals surface area (Å²) in [5.41, 5.74) is 1.09. The summed E-state index contributed by atoms with van der Waals surface area (Å²) in [4.78, 5) is 20.9. The maximum Gasteiger partial charge on any atom is 0.296 e. The molecule has 4 nitrogen and oxygen atoms in total. The molecule has 6 heteroatoms. The standard InChI is InChI=1S/C16H17N3OS2/c1-11-12(2)22-16(17-11)19-8-7-13(10-19)18-15(20)6-5-14-4-3-9-21-14/h3-4,9,13H,7-8,10H2,1-2H3,(H,18,20). The van der Waals surface area contributed by atoms with Gasteiger partial charge in [-0.1, -0.05) is 6.07 Å². The third kappa shape index (κ3) is 3.49. The average Bonchev–Trinajstić information content (AvgIpc) is 3.20. The molecule has 0 radical (unpaired) electrons. The van der Waals surface area contributed by atoms with Crippen LogP contribution in [-0.4, -0.2) is 30.0 Å². The fourth-order valence-corrected chi connectivity index (χ4v) is 3.85. The Morgan fingerprint density at radius 1 is 1.50 bits per heavy atom. The fourth-order valence-electron chi connectivity index (χ4n) is 2.33. The molecule has 0 saturated carbocycles. The third-order valence-corrected chi connectivity index (χ3v) is 5.55. The maximum absolute atomic E-state index is 11.9. The van der Waals surface area contributed by atoms with E-state index in [4.69, 9.17) is 0 Å². The number of aryl methyl sites for hydroxylation is 2. The third-order valence-electron chi connectivity index (χ3n) is 3.63. The van der Waals surface area contributed by atoms with Crippen molar-refractivity contribution >= 4 is 33.7 Å². The molecular formula is C16H17N3OS2. The number of anilines is 1. The molecule has 1 N–H and O–H groups in total. The number of amides is 1. The zero-order valence-electron chi connectivity index (χ0n) is 12.5. The van der Waals surface area contributed by atoms with Crippen LogP contribution < -0.4 is 10.2 Å². The van der Waals surface area contributed by atoms with Gasteiger partial charge in [-0.3, -0.25) is 4.79 Å². The minimum absolute atomic E-state index is 0.148. The van der Waals surface area contributed by atoms with Crippen molar-refractivity contribution in [3.63, 3.8) is 0 Å². The molecule has 1 amide bonds. The first-order valence-corrected chi connectivity index (χ1v) is 8.86. The van der Waals surface area contributed by atoms with Gasteiger partial charge in [0.2, 0.25) is 0 Å². The van der Waals surface area contributed by atoms with Crippen LogP contribution in [0.15, 0.2) is 17.5 Å². The number of thiophene rings is 1. The Hall–Kier alpha value is -1.84. The van der Waals surface area contributed by atoms with Crippen LogP contribution in [-0.2, 0) is 4.79 Å². The first kappa shape index (κ1) is 15.1. The van der Waals surface area contributed by atoms with Crippen molar-refractivity contribution in [2.75, 3.05) is 18.0 Å². The van der Waals surface area contributed by atoms with E-state index in [1.54, 1.807) is 22.7 Å². The van der Waals surface area contributed by atoms with Crippen molar-refractivity contribution in [3.05, 3.63) is 33.0 Å². The van der Waals surface area contributed by atoms with Crippen molar-refractivity contribution < 1.29 is 4.79 Å². The van der Waals surface area contributed by atoms with Crippen molar-refractivity contribution in [2.45, 2.75) is 26.3 Å². The van der Waals surface area contributed by atoms with E-state index in [1.807, 2.05) is 24.4 Å². The van der Waals surface area contributed by atoms with Crippen molar-refractivity contribution in [3.8, 4) is 11.8 Å². The van der Waals surface area contributed by atoms with E-state index >= 15 is 0 Å². The Morgan fingerprint density at radius 2 is 2.36 bits per heavy atom. The number of hydrogen-bond donors (Lipinski definition) is 1. The van der Waals surface area contributed by atoms with E-state index in [1.165, 1.54) is 4.88 Å². The molecule has 2 aromatic heterocycles. The molecule has 1 saturated heterocycles. The van der Waals surface area contributed by atoms with Gasteiger partial charge in [0.15, 0.2) is 5.13 Å². The Bertz CT molecular complexity index is 705. The Labute approximate surface area is 138 Å². The van der Waals surface area contributed by atoms with Gasteiger partial charge in [0.25, 0.3) is 5.91 Å². The van der Waals surface area contributed by atoms with Gasteiger partial charge in [0, 0.05) is 29.9 Å². The van der Waals surface area contributed by atoms with Crippen LogP contribution >= 0.6 is 22.7 Å². The molecule has 114 valence electrons. The highest BCUT2D eigenvalue weighted by Crippen LogP contribution is 2.27. The first-order chi connectivity index (χ1) is 10.6. The summed E-state index contributed by atoms with van der Waals surface area (Å²) in [6, 6.07) is 3.99. The zero-order chi connectivity index (χ0) is 15.5. The maximum atomic E-state index is 11.9. The van der Waals surface area contributed by atoms with Gasteiger partial charge >= 0.3 is 0 Å². The minimum Gasteiger partial charge on any atom is -0.346 e. The predicted octanol–water partition coefficient (Wildman–Crippen LogP) is 2.57. The van der Waals surface area contributed by atoms with Gasteiger partial charge < -0.3 is 10.2 Å². The van der Waals surface area contributed by atoms with Gasteiger partial charge in [-0.25, -0.2) is 4.98 Å². The lowest BCUT2D eigenvalue weighted by Crippen LogP contribution is -2.36. The molecule has 0 aromatic carbocycles. The average molecular weight is 331 g/mol. The number of hydrogen-bond acceptors (Lipinski definition) is 5. The van der Waals surface area contributed by atoms with Gasteiger partial charge in [-0.15, -0.1) is 22.7 Å². The summed E-state index contributed by atoms with van der Waals surface area (Å²) in [7, 11) is 0. The molecule has 2 aromatic rings. The topological polar surface area (TPSA) is 45.2 Å². The molecule has 1 aliphatic rings. The van der Waals surface area contributed by atoms with Crippen LogP contribution in [0.25, 0.3) is 0 Å². The molecule has 1 unspecified atom stereocenters. The zero-order valence-corrected chi connectivity index (χ0v) is 14.2. The summed E-state index contributed by atoms with van der Waals surface area (Å²) in [5, 5.41) is 6.00. The fraction of sp³-hybridized carbons (Fsp3) is 0.375. The van der Waals surface area contributed by atoms with E-state index in [2.05, 4.69) is 34.0 Å². The predicted molar refractivity (Wildman–Crippen MR) is 91.5 cm³/mol. The van der Waals surface area contributed by atoms with E-state index in [0.717, 1.165) is 35.2 Å². The van der Waals surface area contributed by atoms with E-state index < -0.39 is 0 Å². The van der Waals surface area contributed by atoms with Gasteiger partial charge in [-0.2, -0.15) is 0 Å². The Balaban J connectivity index is 1.55. The Kier molecular flexibility index (Phi) is 4.46. The second kappa shape index (κ2) is 6.51. The highest BCUT2D eigenvalue weighted by Gasteiger charge is 2.25. The van der Waals surface area contributed by atoms with Gasteiger partial charge in [-0.05, 0) is 37.6 Å². The van der Waals surface area contributed by atoms with Crippen molar-refractivity contribution in [1.29, 1.82) is 0 Å².